The molecule has 0 N–H and O–H groups in total. The number of hydroxylamine groups is 1. The Morgan fingerprint density at radius 2 is 1.57 bits per heavy atom. The molecule has 0 spiro atoms. The molecule has 2 rings (SSSR count). The topological polar surface area (TPSA) is 74.3 Å². The smallest absolute Gasteiger partial charge is 0.322 e. The van der Waals surface area contributed by atoms with Crippen LogP contribution in [0.25, 0.3) is 0 Å². The first-order chi connectivity index (χ1) is 13.2. The largest absolute Gasteiger partial charge is 0.462 e. The van der Waals surface area contributed by atoms with E-state index < -0.39 is 30.2 Å². The Bertz CT molecular complexity index is 641. The number of rotatable bonds is 7. The van der Waals surface area contributed by atoms with Crippen LogP contribution in [-0.4, -0.2) is 43.6 Å². The fraction of sp³-hybridized carbons (Fsp3) is 0.600. The van der Waals surface area contributed by atoms with E-state index in [0.29, 0.717) is 18.5 Å². The van der Waals surface area contributed by atoms with Crippen molar-refractivity contribution >= 4 is 33.6 Å². The number of hydrogen-bond acceptors (Lipinski definition) is 7. The second kappa shape index (κ2) is 10.2. The van der Waals surface area contributed by atoms with Crippen molar-refractivity contribution in [3.8, 4) is 0 Å². The van der Waals surface area contributed by atoms with Crippen LogP contribution in [0.3, 0.4) is 0 Å². The summed E-state index contributed by atoms with van der Waals surface area (Å²) in [4.78, 5) is 31.6. The molecular formula is C20H28BrNO6. The first-order valence-corrected chi connectivity index (χ1v) is 10.2. The minimum Gasteiger partial charge on any atom is -0.462 e. The van der Waals surface area contributed by atoms with Gasteiger partial charge in [-0.2, -0.15) is 0 Å². The Labute approximate surface area is 174 Å². The van der Waals surface area contributed by atoms with Gasteiger partial charge in [-0.1, -0.05) is 15.9 Å². The van der Waals surface area contributed by atoms with Crippen molar-refractivity contribution in [3.63, 3.8) is 0 Å². The Hall–Kier alpha value is -1.64. The summed E-state index contributed by atoms with van der Waals surface area (Å²) in [6.45, 7) is 6.97. The van der Waals surface area contributed by atoms with Crippen LogP contribution in [0.15, 0.2) is 28.7 Å². The molecule has 0 aromatic heterocycles. The number of ether oxygens (including phenoxy) is 3. The summed E-state index contributed by atoms with van der Waals surface area (Å²) in [6, 6.07) is 6.83. The third-order valence-electron chi connectivity index (χ3n) is 4.17. The number of methoxy groups -OCH3 is 1. The van der Waals surface area contributed by atoms with E-state index in [0.717, 1.165) is 4.47 Å². The highest BCUT2D eigenvalue weighted by Crippen LogP contribution is 2.33. The van der Waals surface area contributed by atoms with Gasteiger partial charge in [0.25, 0.3) is 0 Å². The fourth-order valence-electron chi connectivity index (χ4n) is 3.01. The molecule has 0 amide bonds. The Morgan fingerprint density at radius 3 is 2.04 bits per heavy atom. The Morgan fingerprint density at radius 1 is 1.04 bits per heavy atom. The maximum absolute atomic E-state index is 12.8. The molecule has 1 aromatic carbocycles. The number of esters is 2. The molecule has 0 saturated carbocycles. The molecule has 0 unspecified atom stereocenters. The van der Waals surface area contributed by atoms with Crippen molar-refractivity contribution in [2.45, 2.75) is 65.1 Å². The summed E-state index contributed by atoms with van der Waals surface area (Å²) in [5.41, 5.74) is 0.703. The van der Waals surface area contributed by atoms with Gasteiger partial charge in [0.15, 0.2) is 12.2 Å². The highest BCUT2D eigenvalue weighted by molar-refractivity contribution is 9.10. The third-order valence-corrected chi connectivity index (χ3v) is 4.70. The van der Waals surface area contributed by atoms with Crippen LogP contribution in [0, 0.1) is 5.92 Å². The molecule has 156 valence electrons. The van der Waals surface area contributed by atoms with Gasteiger partial charge in [-0.25, -0.2) is 9.90 Å². The zero-order valence-corrected chi connectivity index (χ0v) is 18.5. The van der Waals surface area contributed by atoms with Gasteiger partial charge < -0.3 is 14.2 Å². The lowest BCUT2D eigenvalue weighted by Crippen LogP contribution is -2.53. The zero-order chi connectivity index (χ0) is 20.8. The number of carbonyl (C=O) groups excluding carboxylic acids is 2. The van der Waals surface area contributed by atoms with Crippen molar-refractivity contribution in [3.05, 3.63) is 28.7 Å². The molecule has 1 aromatic rings. The van der Waals surface area contributed by atoms with E-state index >= 15 is 0 Å². The predicted molar refractivity (Wildman–Crippen MR) is 107 cm³/mol. The molecule has 0 bridgehead atoms. The quantitative estimate of drug-likeness (QED) is 0.454. The van der Waals surface area contributed by atoms with Crippen LogP contribution < -0.4 is 5.06 Å². The summed E-state index contributed by atoms with van der Waals surface area (Å²) in [5.74, 6) is -2.37. The Balaban J connectivity index is 2.39. The first-order valence-electron chi connectivity index (χ1n) is 9.38. The second-order valence-electron chi connectivity index (χ2n) is 7.17. The van der Waals surface area contributed by atoms with Crippen LogP contribution in [0.1, 0.15) is 40.5 Å². The summed E-state index contributed by atoms with van der Waals surface area (Å²) in [5, 5.41) is 1.57. The van der Waals surface area contributed by atoms with Gasteiger partial charge in [0.2, 0.25) is 0 Å². The third kappa shape index (κ3) is 5.93. The molecule has 1 aliphatic heterocycles. The van der Waals surface area contributed by atoms with E-state index in [-0.39, 0.29) is 12.2 Å². The van der Waals surface area contributed by atoms with Gasteiger partial charge in [0, 0.05) is 18.0 Å². The number of anilines is 1. The molecule has 0 radical (unpaired) electrons. The molecule has 28 heavy (non-hydrogen) atoms. The van der Waals surface area contributed by atoms with Crippen LogP contribution in [0.2, 0.25) is 0 Å². The van der Waals surface area contributed by atoms with Gasteiger partial charge in [-0.15, -0.1) is 0 Å². The average Bonchev–Trinajstić information content (AvgIpc) is 2.61. The maximum atomic E-state index is 12.8. The van der Waals surface area contributed by atoms with E-state index in [2.05, 4.69) is 15.9 Å². The Kier molecular flexibility index (Phi) is 8.27. The summed E-state index contributed by atoms with van der Waals surface area (Å²) in [7, 11) is 1.56. The first kappa shape index (κ1) is 22.6. The van der Waals surface area contributed by atoms with E-state index in [1.165, 1.54) is 0 Å². The van der Waals surface area contributed by atoms with Crippen LogP contribution in [0.5, 0.6) is 0 Å². The predicted octanol–water partition coefficient (Wildman–Crippen LogP) is 3.84. The van der Waals surface area contributed by atoms with Gasteiger partial charge in [0.1, 0.15) is 0 Å². The van der Waals surface area contributed by atoms with Crippen LogP contribution >= 0.6 is 15.9 Å². The van der Waals surface area contributed by atoms with Gasteiger partial charge in [-0.3, -0.25) is 9.59 Å². The monoisotopic (exact) mass is 457 g/mol. The standard InChI is InChI=1S/C20H28BrNO6/c1-12(2)26-19(23)18(20(24)27-13(3)4)16-10-11-17(25-5)28-22(16)15-8-6-14(21)7-9-15/h6-9,12-13,16-18H,10-11H2,1-5H3/t16-,17-/m1/s1. The number of benzene rings is 1. The molecule has 8 heteroatoms. The average molecular weight is 458 g/mol. The van der Waals surface area contributed by atoms with Crippen molar-refractivity contribution < 1.29 is 28.6 Å². The van der Waals surface area contributed by atoms with Crippen molar-refractivity contribution in [2.75, 3.05) is 12.2 Å². The van der Waals surface area contributed by atoms with E-state index in [1.807, 2.05) is 24.3 Å². The molecule has 0 aliphatic carbocycles. The lowest BCUT2D eigenvalue weighted by Gasteiger charge is -2.41. The highest BCUT2D eigenvalue weighted by atomic mass is 79.9. The van der Waals surface area contributed by atoms with Crippen LogP contribution in [-0.2, 0) is 28.6 Å². The lowest BCUT2D eigenvalue weighted by atomic mass is 9.93. The van der Waals surface area contributed by atoms with E-state index in [9.17, 15) is 9.59 Å². The molecule has 1 aliphatic rings. The fourth-order valence-corrected chi connectivity index (χ4v) is 3.27. The van der Waals surface area contributed by atoms with Gasteiger partial charge in [-0.05, 0) is 58.4 Å². The molecule has 1 saturated heterocycles. The van der Waals surface area contributed by atoms with Gasteiger partial charge in [0.05, 0.1) is 23.9 Å². The minimum atomic E-state index is -1.13. The van der Waals surface area contributed by atoms with Crippen molar-refractivity contribution in [1.82, 2.24) is 0 Å². The van der Waals surface area contributed by atoms with Gasteiger partial charge >= 0.3 is 11.9 Å². The van der Waals surface area contributed by atoms with Crippen molar-refractivity contribution in [2.24, 2.45) is 5.92 Å². The summed E-state index contributed by atoms with van der Waals surface area (Å²) < 4.78 is 17.0. The minimum absolute atomic E-state index is 0.348. The van der Waals surface area contributed by atoms with E-state index in [4.69, 9.17) is 19.0 Å². The molecule has 7 nitrogen and oxygen atoms in total. The van der Waals surface area contributed by atoms with Crippen LogP contribution in [0.4, 0.5) is 5.69 Å². The summed E-state index contributed by atoms with van der Waals surface area (Å²) >= 11 is 3.41. The zero-order valence-electron chi connectivity index (χ0n) is 16.9. The highest BCUT2D eigenvalue weighted by Gasteiger charge is 2.45. The molecule has 1 heterocycles. The molecular weight excluding hydrogens is 430 g/mol. The number of halogens is 1. The molecule has 2 atom stereocenters. The number of nitrogens with zero attached hydrogens (tertiary/aromatic N) is 1. The van der Waals surface area contributed by atoms with E-state index in [1.54, 1.807) is 39.9 Å². The lowest BCUT2D eigenvalue weighted by molar-refractivity contribution is -0.185. The normalized spacial score (nSPS) is 20.0. The number of carbonyl (C=O) groups is 2. The second-order valence-corrected chi connectivity index (χ2v) is 8.08. The number of hydrogen-bond donors (Lipinski definition) is 0. The molecule has 1 fully saturated rings. The maximum Gasteiger partial charge on any atom is 0.322 e. The SMILES string of the molecule is CO[C@H]1CC[C@H](C(C(=O)OC(C)C)C(=O)OC(C)C)N(c2ccc(Br)cc2)O1. The van der Waals surface area contributed by atoms with Crippen molar-refractivity contribution in [1.29, 1.82) is 0 Å². The summed E-state index contributed by atoms with van der Waals surface area (Å²) in [6.07, 6.45) is -0.130.